The second-order valence-electron chi connectivity index (χ2n) is 4.05. The van der Waals surface area contributed by atoms with Gasteiger partial charge in [-0.1, -0.05) is 12.1 Å². The second-order valence-corrected chi connectivity index (χ2v) is 4.05. The van der Waals surface area contributed by atoms with E-state index in [2.05, 4.69) is 15.3 Å². The lowest BCUT2D eigenvalue weighted by atomic mass is 10.1. The smallest absolute Gasteiger partial charge is 0.129 e. The van der Waals surface area contributed by atoms with Crippen molar-refractivity contribution in [3.8, 4) is 0 Å². The topological polar surface area (TPSA) is 84.1 Å². The zero-order chi connectivity index (χ0) is 13.0. The van der Waals surface area contributed by atoms with Gasteiger partial charge in [-0.15, -0.1) is 0 Å². The van der Waals surface area contributed by atoms with E-state index in [9.17, 15) is 5.11 Å². The lowest BCUT2D eigenvalue weighted by Gasteiger charge is -2.12. The number of benzene rings is 1. The zero-order valence-corrected chi connectivity index (χ0v) is 10.2. The summed E-state index contributed by atoms with van der Waals surface area (Å²) in [5, 5.41) is 13.1. The SMILES string of the molecule is Cc1nccc(NCC(O)c2ccc(N)cc2)n1. The van der Waals surface area contributed by atoms with Gasteiger partial charge in [-0.3, -0.25) is 0 Å². The van der Waals surface area contributed by atoms with Crippen molar-refractivity contribution in [1.82, 2.24) is 9.97 Å². The predicted octanol–water partition coefficient (Wildman–Crippen LogP) is 1.51. The first-order valence-corrected chi connectivity index (χ1v) is 5.72. The van der Waals surface area contributed by atoms with E-state index in [4.69, 9.17) is 5.73 Å². The van der Waals surface area contributed by atoms with Crippen LogP contribution in [0.5, 0.6) is 0 Å². The first-order chi connectivity index (χ1) is 8.65. The van der Waals surface area contributed by atoms with E-state index in [0.717, 1.165) is 5.56 Å². The molecule has 0 amide bonds. The highest BCUT2D eigenvalue weighted by Crippen LogP contribution is 2.15. The monoisotopic (exact) mass is 244 g/mol. The Morgan fingerprint density at radius 2 is 2.00 bits per heavy atom. The summed E-state index contributed by atoms with van der Waals surface area (Å²) in [6, 6.07) is 8.93. The maximum Gasteiger partial charge on any atom is 0.129 e. The number of aryl methyl sites for hydroxylation is 1. The Morgan fingerprint density at radius 1 is 1.28 bits per heavy atom. The minimum Gasteiger partial charge on any atom is -0.399 e. The molecule has 1 aromatic carbocycles. The fraction of sp³-hybridized carbons (Fsp3) is 0.231. The number of nitrogens with two attached hydrogens (primary N) is 1. The summed E-state index contributed by atoms with van der Waals surface area (Å²) in [4.78, 5) is 8.21. The molecule has 2 rings (SSSR count). The summed E-state index contributed by atoms with van der Waals surface area (Å²) < 4.78 is 0. The summed E-state index contributed by atoms with van der Waals surface area (Å²) in [6.45, 7) is 2.21. The Kier molecular flexibility index (Phi) is 3.74. The van der Waals surface area contributed by atoms with Crippen LogP contribution in [0, 0.1) is 6.92 Å². The summed E-state index contributed by atoms with van der Waals surface area (Å²) in [7, 11) is 0. The molecule has 0 aliphatic heterocycles. The number of aromatic nitrogens is 2. The molecule has 1 heterocycles. The average Bonchev–Trinajstić information content (AvgIpc) is 2.37. The van der Waals surface area contributed by atoms with Crippen LogP contribution >= 0.6 is 0 Å². The van der Waals surface area contributed by atoms with Gasteiger partial charge in [0.2, 0.25) is 0 Å². The molecule has 0 fully saturated rings. The Morgan fingerprint density at radius 3 is 2.67 bits per heavy atom. The number of nitrogen functional groups attached to an aromatic ring is 1. The van der Waals surface area contributed by atoms with Crippen LogP contribution in [0.25, 0.3) is 0 Å². The molecule has 0 saturated heterocycles. The van der Waals surface area contributed by atoms with Crippen LogP contribution in [0.4, 0.5) is 11.5 Å². The molecule has 1 atom stereocenters. The van der Waals surface area contributed by atoms with Gasteiger partial charge < -0.3 is 16.2 Å². The van der Waals surface area contributed by atoms with Crippen molar-refractivity contribution in [3.05, 3.63) is 47.9 Å². The zero-order valence-electron chi connectivity index (χ0n) is 10.2. The molecule has 0 spiro atoms. The minimum atomic E-state index is -0.596. The normalized spacial score (nSPS) is 12.1. The summed E-state index contributed by atoms with van der Waals surface area (Å²) in [5.74, 6) is 1.40. The van der Waals surface area contributed by atoms with Crippen molar-refractivity contribution in [2.24, 2.45) is 0 Å². The third-order valence-corrected chi connectivity index (χ3v) is 2.57. The fourth-order valence-corrected chi connectivity index (χ4v) is 1.59. The van der Waals surface area contributed by atoms with Gasteiger partial charge in [0.05, 0.1) is 6.10 Å². The van der Waals surface area contributed by atoms with Gasteiger partial charge in [0.15, 0.2) is 0 Å². The molecule has 0 aliphatic carbocycles. The number of hydrogen-bond donors (Lipinski definition) is 3. The Bertz CT molecular complexity index is 513. The quantitative estimate of drug-likeness (QED) is 0.710. The fourth-order valence-electron chi connectivity index (χ4n) is 1.59. The van der Waals surface area contributed by atoms with Crippen molar-refractivity contribution < 1.29 is 5.11 Å². The van der Waals surface area contributed by atoms with Crippen LogP contribution in [0.3, 0.4) is 0 Å². The number of rotatable bonds is 4. The van der Waals surface area contributed by atoms with E-state index < -0.39 is 6.10 Å². The molecule has 1 aromatic heterocycles. The molecule has 0 saturated carbocycles. The summed E-state index contributed by atoms with van der Waals surface area (Å²) in [6.07, 6.45) is 1.08. The highest BCUT2D eigenvalue weighted by Gasteiger charge is 2.07. The molecular formula is C13H16N4O. The van der Waals surface area contributed by atoms with E-state index >= 15 is 0 Å². The lowest BCUT2D eigenvalue weighted by Crippen LogP contribution is -2.13. The van der Waals surface area contributed by atoms with E-state index in [1.165, 1.54) is 0 Å². The molecular weight excluding hydrogens is 228 g/mol. The Balaban J connectivity index is 1.96. The largest absolute Gasteiger partial charge is 0.399 e. The maximum absolute atomic E-state index is 10.00. The van der Waals surface area contributed by atoms with E-state index in [-0.39, 0.29) is 0 Å². The third kappa shape index (κ3) is 3.18. The van der Waals surface area contributed by atoms with E-state index in [1.807, 2.05) is 19.1 Å². The van der Waals surface area contributed by atoms with Crippen LogP contribution < -0.4 is 11.1 Å². The first kappa shape index (κ1) is 12.3. The van der Waals surface area contributed by atoms with Gasteiger partial charge in [-0.25, -0.2) is 9.97 Å². The molecule has 94 valence electrons. The number of aliphatic hydroxyl groups is 1. The summed E-state index contributed by atoms with van der Waals surface area (Å²) in [5.41, 5.74) is 7.10. The van der Waals surface area contributed by atoms with Crippen molar-refractivity contribution >= 4 is 11.5 Å². The Labute approximate surface area is 106 Å². The first-order valence-electron chi connectivity index (χ1n) is 5.72. The van der Waals surface area contributed by atoms with Gasteiger partial charge in [0, 0.05) is 18.4 Å². The highest BCUT2D eigenvalue weighted by molar-refractivity contribution is 5.40. The van der Waals surface area contributed by atoms with E-state index in [0.29, 0.717) is 23.9 Å². The van der Waals surface area contributed by atoms with Crippen LogP contribution in [0.15, 0.2) is 36.5 Å². The molecule has 5 heteroatoms. The molecule has 0 radical (unpaired) electrons. The number of hydrogen-bond acceptors (Lipinski definition) is 5. The maximum atomic E-state index is 10.00. The average molecular weight is 244 g/mol. The predicted molar refractivity (Wildman–Crippen MR) is 71.1 cm³/mol. The molecule has 4 N–H and O–H groups in total. The lowest BCUT2D eigenvalue weighted by molar-refractivity contribution is 0.191. The van der Waals surface area contributed by atoms with Crippen LogP contribution in [-0.4, -0.2) is 21.6 Å². The molecule has 2 aromatic rings. The van der Waals surface area contributed by atoms with Gasteiger partial charge in [0.1, 0.15) is 11.6 Å². The molecule has 18 heavy (non-hydrogen) atoms. The van der Waals surface area contributed by atoms with Crippen LogP contribution in [0.2, 0.25) is 0 Å². The van der Waals surface area contributed by atoms with Gasteiger partial charge in [-0.2, -0.15) is 0 Å². The number of nitrogens with one attached hydrogen (secondary N) is 1. The number of nitrogens with zero attached hydrogens (tertiary/aromatic N) is 2. The number of anilines is 2. The second kappa shape index (κ2) is 5.46. The molecule has 0 bridgehead atoms. The van der Waals surface area contributed by atoms with Crippen LogP contribution in [-0.2, 0) is 0 Å². The van der Waals surface area contributed by atoms with Crippen molar-refractivity contribution in [2.75, 3.05) is 17.6 Å². The van der Waals surface area contributed by atoms with Gasteiger partial charge >= 0.3 is 0 Å². The van der Waals surface area contributed by atoms with Gasteiger partial charge in [0.25, 0.3) is 0 Å². The summed E-state index contributed by atoms with van der Waals surface area (Å²) >= 11 is 0. The minimum absolute atomic E-state index is 0.389. The Hall–Kier alpha value is -2.14. The van der Waals surface area contributed by atoms with Crippen molar-refractivity contribution in [1.29, 1.82) is 0 Å². The molecule has 1 unspecified atom stereocenters. The number of aliphatic hydroxyl groups excluding tert-OH is 1. The van der Waals surface area contributed by atoms with Crippen molar-refractivity contribution in [2.45, 2.75) is 13.0 Å². The van der Waals surface area contributed by atoms with E-state index in [1.54, 1.807) is 24.4 Å². The standard InChI is InChI=1S/C13H16N4O/c1-9-15-7-6-13(17-9)16-8-12(18)10-2-4-11(14)5-3-10/h2-7,12,18H,8,14H2,1H3,(H,15,16,17). The van der Waals surface area contributed by atoms with Crippen LogP contribution in [0.1, 0.15) is 17.5 Å². The third-order valence-electron chi connectivity index (χ3n) is 2.57. The van der Waals surface area contributed by atoms with Gasteiger partial charge in [-0.05, 0) is 30.7 Å². The highest BCUT2D eigenvalue weighted by atomic mass is 16.3. The molecule has 5 nitrogen and oxygen atoms in total. The molecule has 0 aliphatic rings. The van der Waals surface area contributed by atoms with Crippen molar-refractivity contribution in [3.63, 3.8) is 0 Å².